The zero-order chi connectivity index (χ0) is 14.5. The topological polar surface area (TPSA) is 66.8 Å². The van der Waals surface area contributed by atoms with Gasteiger partial charge in [-0.2, -0.15) is 0 Å². The molecule has 0 radical (unpaired) electrons. The van der Waals surface area contributed by atoms with Gasteiger partial charge in [0, 0.05) is 6.08 Å². The number of aliphatic hydroxyl groups is 2. The molecule has 0 saturated heterocycles. The summed E-state index contributed by atoms with van der Waals surface area (Å²) in [5.41, 5.74) is 0. The highest BCUT2D eigenvalue weighted by molar-refractivity contribution is 5.82. The molecule has 0 aromatic carbocycles. The minimum atomic E-state index is -0.717. The maximum absolute atomic E-state index is 11.6. The highest BCUT2D eigenvalue weighted by atomic mass is 16.5. The monoisotopic (exact) mass is 280 g/mol. The second kappa shape index (κ2) is 7.04. The zero-order valence-corrected chi connectivity index (χ0v) is 11.9. The quantitative estimate of drug-likeness (QED) is 0.526. The van der Waals surface area contributed by atoms with Gasteiger partial charge in [0.25, 0.3) is 0 Å². The Hall–Kier alpha value is -1.13. The van der Waals surface area contributed by atoms with Crippen molar-refractivity contribution in [1.82, 2.24) is 0 Å². The second-order valence-corrected chi connectivity index (χ2v) is 5.91. The minimum absolute atomic E-state index is 0.0246. The average Bonchev–Trinajstić information content (AvgIpc) is 2.76. The van der Waals surface area contributed by atoms with Crippen molar-refractivity contribution in [3.05, 3.63) is 24.3 Å². The Morgan fingerprint density at radius 1 is 1.25 bits per heavy atom. The standard InChI is InChI=1S/C16H24O4/c1-11-5-3-2-4-6-12-9-13(17)10-14(12)15(18)7-8-16(19)20-11/h4,6-8,11-15,17-18H,2-3,5,9-10H2,1H3/b6-4+,8-7?/t11-,12?,13-,14?,15+/m0/s1. The number of fused-ring (bicyclic) bond motifs is 1. The SMILES string of the molecule is C[C@H]1CCC/C=C/C2C[C@H](O)CC2[C@H](O)C=CC(=O)O1. The van der Waals surface area contributed by atoms with Crippen molar-refractivity contribution in [1.29, 1.82) is 0 Å². The van der Waals surface area contributed by atoms with Gasteiger partial charge < -0.3 is 14.9 Å². The summed E-state index contributed by atoms with van der Waals surface area (Å²) in [4.78, 5) is 11.6. The number of hydrogen-bond acceptors (Lipinski definition) is 4. The Morgan fingerprint density at radius 2 is 2.05 bits per heavy atom. The van der Waals surface area contributed by atoms with Gasteiger partial charge in [0.05, 0.1) is 18.3 Å². The number of allylic oxidation sites excluding steroid dienone is 2. The van der Waals surface area contributed by atoms with E-state index in [4.69, 9.17) is 4.74 Å². The fraction of sp³-hybridized carbons (Fsp3) is 0.688. The molecule has 0 amide bonds. The van der Waals surface area contributed by atoms with Crippen molar-refractivity contribution >= 4 is 5.97 Å². The van der Waals surface area contributed by atoms with Gasteiger partial charge in [-0.05, 0) is 56.9 Å². The van der Waals surface area contributed by atoms with Crippen LogP contribution in [0.1, 0.15) is 39.0 Å². The molecule has 0 spiro atoms. The Balaban J connectivity index is 2.11. The summed E-state index contributed by atoms with van der Waals surface area (Å²) in [5.74, 6) is -0.249. The van der Waals surface area contributed by atoms with Crippen LogP contribution in [-0.4, -0.2) is 34.5 Å². The molecule has 0 bridgehead atoms. The van der Waals surface area contributed by atoms with Gasteiger partial charge in [0.15, 0.2) is 0 Å². The molecule has 1 aliphatic heterocycles. The maximum Gasteiger partial charge on any atom is 0.330 e. The van der Waals surface area contributed by atoms with Crippen LogP contribution in [0.25, 0.3) is 0 Å². The lowest BCUT2D eigenvalue weighted by Gasteiger charge is -2.19. The van der Waals surface area contributed by atoms with Gasteiger partial charge in [0.2, 0.25) is 0 Å². The number of hydrogen-bond donors (Lipinski definition) is 2. The molecule has 4 nitrogen and oxygen atoms in total. The van der Waals surface area contributed by atoms with E-state index >= 15 is 0 Å². The summed E-state index contributed by atoms with van der Waals surface area (Å²) in [6.07, 6.45) is 9.87. The van der Waals surface area contributed by atoms with Gasteiger partial charge >= 0.3 is 5.97 Å². The van der Waals surface area contributed by atoms with E-state index in [1.54, 1.807) is 0 Å². The van der Waals surface area contributed by atoms with Gasteiger partial charge in [-0.15, -0.1) is 0 Å². The van der Waals surface area contributed by atoms with Crippen molar-refractivity contribution in [2.24, 2.45) is 11.8 Å². The fourth-order valence-corrected chi connectivity index (χ4v) is 3.10. The molecule has 20 heavy (non-hydrogen) atoms. The molecule has 112 valence electrons. The summed E-state index contributed by atoms with van der Waals surface area (Å²) in [5, 5.41) is 20.0. The highest BCUT2D eigenvalue weighted by Gasteiger charge is 2.35. The van der Waals surface area contributed by atoms with Crippen molar-refractivity contribution in [3.8, 4) is 0 Å². The van der Waals surface area contributed by atoms with E-state index in [9.17, 15) is 15.0 Å². The normalized spacial score (nSPS) is 41.0. The summed E-state index contributed by atoms with van der Waals surface area (Å²) in [7, 11) is 0. The van der Waals surface area contributed by atoms with Crippen LogP contribution in [0.4, 0.5) is 0 Å². The summed E-state index contributed by atoms with van der Waals surface area (Å²) >= 11 is 0. The van der Waals surface area contributed by atoms with Crippen molar-refractivity contribution in [3.63, 3.8) is 0 Å². The first-order valence-corrected chi connectivity index (χ1v) is 7.48. The molecule has 1 aliphatic carbocycles. The average molecular weight is 280 g/mol. The Kier molecular flexibility index (Phi) is 5.38. The van der Waals surface area contributed by atoms with Crippen LogP contribution in [-0.2, 0) is 9.53 Å². The van der Waals surface area contributed by atoms with E-state index in [0.29, 0.717) is 12.8 Å². The maximum atomic E-state index is 11.6. The molecule has 0 aromatic heterocycles. The van der Waals surface area contributed by atoms with Gasteiger partial charge in [0.1, 0.15) is 0 Å². The molecule has 2 unspecified atom stereocenters. The molecule has 4 heteroatoms. The Labute approximate surface area is 120 Å². The molecule has 1 fully saturated rings. The third-order valence-electron chi connectivity index (χ3n) is 4.19. The number of carbonyl (C=O) groups excluding carboxylic acids is 1. The number of aliphatic hydroxyl groups excluding tert-OH is 2. The first kappa shape index (κ1) is 15.3. The molecule has 1 heterocycles. The third-order valence-corrected chi connectivity index (χ3v) is 4.19. The first-order chi connectivity index (χ1) is 9.56. The smallest absolute Gasteiger partial charge is 0.330 e. The van der Waals surface area contributed by atoms with Crippen LogP contribution < -0.4 is 0 Å². The van der Waals surface area contributed by atoms with Crippen molar-refractivity contribution in [2.75, 3.05) is 0 Å². The number of carbonyl (C=O) groups is 1. The zero-order valence-electron chi connectivity index (χ0n) is 11.9. The van der Waals surface area contributed by atoms with Gasteiger partial charge in [-0.1, -0.05) is 12.2 Å². The lowest BCUT2D eigenvalue weighted by atomic mass is 9.90. The molecule has 5 atom stereocenters. The van der Waals surface area contributed by atoms with E-state index < -0.39 is 12.1 Å². The van der Waals surface area contributed by atoms with E-state index in [1.807, 2.05) is 6.92 Å². The molecule has 2 aliphatic rings. The van der Waals surface area contributed by atoms with Gasteiger partial charge in [-0.25, -0.2) is 4.79 Å². The van der Waals surface area contributed by atoms with Crippen molar-refractivity contribution < 1.29 is 19.7 Å². The molecule has 0 aromatic rings. The summed E-state index contributed by atoms with van der Waals surface area (Å²) in [6.45, 7) is 1.89. The van der Waals surface area contributed by atoms with E-state index in [0.717, 1.165) is 19.3 Å². The predicted octanol–water partition coefficient (Wildman–Crippen LogP) is 1.96. The van der Waals surface area contributed by atoms with Crippen LogP contribution in [0, 0.1) is 11.8 Å². The van der Waals surface area contributed by atoms with E-state index in [1.165, 1.54) is 12.2 Å². The van der Waals surface area contributed by atoms with Crippen LogP contribution >= 0.6 is 0 Å². The number of ether oxygens (including phenoxy) is 1. The summed E-state index contributed by atoms with van der Waals surface area (Å²) < 4.78 is 5.23. The molecule has 2 rings (SSSR count). The minimum Gasteiger partial charge on any atom is -0.460 e. The molecular weight excluding hydrogens is 256 g/mol. The summed E-state index contributed by atoms with van der Waals surface area (Å²) in [6, 6.07) is 0. The fourth-order valence-electron chi connectivity index (χ4n) is 3.10. The number of esters is 1. The van der Waals surface area contributed by atoms with E-state index in [-0.39, 0.29) is 24.0 Å². The van der Waals surface area contributed by atoms with E-state index in [2.05, 4.69) is 12.2 Å². The lowest BCUT2D eigenvalue weighted by Crippen LogP contribution is -2.21. The predicted molar refractivity (Wildman–Crippen MR) is 75.9 cm³/mol. The molecule has 1 saturated carbocycles. The third kappa shape index (κ3) is 4.18. The molecule has 2 N–H and O–H groups in total. The lowest BCUT2D eigenvalue weighted by molar-refractivity contribution is -0.142. The first-order valence-electron chi connectivity index (χ1n) is 7.48. The van der Waals surface area contributed by atoms with Crippen LogP contribution in [0.5, 0.6) is 0 Å². The Bertz CT molecular complexity index is 388. The Morgan fingerprint density at radius 3 is 2.85 bits per heavy atom. The van der Waals surface area contributed by atoms with Crippen LogP contribution in [0.3, 0.4) is 0 Å². The molecular formula is C16H24O4. The highest BCUT2D eigenvalue weighted by Crippen LogP contribution is 2.36. The van der Waals surface area contributed by atoms with Crippen LogP contribution in [0.15, 0.2) is 24.3 Å². The second-order valence-electron chi connectivity index (χ2n) is 5.91. The number of cyclic esters (lactones) is 1. The van der Waals surface area contributed by atoms with Gasteiger partial charge in [-0.3, -0.25) is 0 Å². The van der Waals surface area contributed by atoms with Crippen molar-refractivity contribution in [2.45, 2.75) is 57.3 Å². The largest absolute Gasteiger partial charge is 0.460 e. The number of rotatable bonds is 0. The van der Waals surface area contributed by atoms with Crippen LogP contribution in [0.2, 0.25) is 0 Å².